The Morgan fingerprint density at radius 2 is 2.17 bits per heavy atom. The average Bonchev–Trinajstić information content (AvgIpc) is 2.81. The van der Waals surface area contributed by atoms with Gasteiger partial charge in [-0.3, -0.25) is 9.59 Å². The zero-order valence-electron chi connectivity index (χ0n) is 10.3. The molecular weight excluding hydrogens is 232 g/mol. The highest BCUT2D eigenvalue weighted by molar-refractivity contribution is 5.93. The first-order valence-corrected chi connectivity index (χ1v) is 5.54. The zero-order chi connectivity index (χ0) is 13.1. The Balaban J connectivity index is 2.18. The monoisotopic (exact) mass is 246 g/mol. The van der Waals surface area contributed by atoms with E-state index in [9.17, 15) is 9.59 Å². The van der Waals surface area contributed by atoms with Gasteiger partial charge in [0.15, 0.2) is 0 Å². The van der Waals surface area contributed by atoms with Gasteiger partial charge < -0.3 is 14.3 Å². The number of carbonyl (C=O) groups excluding carboxylic acids is 1. The quantitative estimate of drug-likeness (QED) is 0.893. The van der Waals surface area contributed by atoms with Crippen LogP contribution in [0, 0.1) is 6.92 Å². The van der Waals surface area contributed by atoms with Crippen molar-refractivity contribution in [2.24, 2.45) is 0 Å². The van der Waals surface area contributed by atoms with Crippen LogP contribution in [0.3, 0.4) is 0 Å². The van der Waals surface area contributed by atoms with E-state index in [0.717, 1.165) is 11.3 Å². The number of carbonyl (C=O) groups is 1. The number of nitrogens with zero attached hydrogens (tertiary/aromatic N) is 1. The first kappa shape index (κ1) is 12.2. The molecule has 18 heavy (non-hydrogen) atoms. The second-order valence-corrected chi connectivity index (χ2v) is 4.18. The number of aryl methyl sites for hydroxylation is 1. The van der Waals surface area contributed by atoms with Crippen molar-refractivity contribution in [1.29, 1.82) is 0 Å². The van der Waals surface area contributed by atoms with E-state index in [1.807, 2.05) is 0 Å². The maximum atomic E-state index is 12.1. The van der Waals surface area contributed by atoms with Crippen LogP contribution in [-0.4, -0.2) is 22.8 Å². The fourth-order valence-corrected chi connectivity index (χ4v) is 1.67. The third-order valence-electron chi connectivity index (χ3n) is 2.63. The molecule has 0 unspecified atom stereocenters. The van der Waals surface area contributed by atoms with Crippen molar-refractivity contribution in [2.45, 2.75) is 13.5 Å². The molecule has 0 aromatic carbocycles. The summed E-state index contributed by atoms with van der Waals surface area (Å²) in [4.78, 5) is 27.8. The minimum atomic E-state index is -0.362. The van der Waals surface area contributed by atoms with Crippen LogP contribution in [0.4, 0.5) is 0 Å². The Bertz CT molecular complexity index is 599. The second kappa shape index (κ2) is 4.91. The predicted octanol–water partition coefficient (Wildman–Crippen LogP) is 1.55. The molecule has 0 aliphatic rings. The number of rotatable bonds is 3. The van der Waals surface area contributed by atoms with Crippen LogP contribution in [0.5, 0.6) is 0 Å². The highest BCUT2D eigenvalue weighted by atomic mass is 16.3. The van der Waals surface area contributed by atoms with Gasteiger partial charge in [-0.25, -0.2) is 0 Å². The number of amides is 1. The van der Waals surface area contributed by atoms with E-state index in [1.54, 1.807) is 44.7 Å². The topological polar surface area (TPSA) is 66.3 Å². The van der Waals surface area contributed by atoms with Gasteiger partial charge in [0.2, 0.25) is 0 Å². The molecule has 2 heterocycles. The second-order valence-electron chi connectivity index (χ2n) is 4.18. The van der Waals surface area contributed by atoms with E-state index >= 15 is 0 Å². The molecule has 0 bridgehead atoms. The summed E-state index contributed by atoms with van der Waals surface area (Å²) in [7, 11) is 1.65. The third kappa shape index (κ3) is 2.51. The van der Waals surface area contributed by atoms with Crippen molar-refractivity contribution >= 4 is 5.91 Å². The van der Waals surface area contributed by atoms with E-state index in [0.29, 0.717) is 6.54 Å². The lowest BCUT2D eigenvalue weighted by molar-refractivity contribution is 0.0783. The predicted molar refractivity (Wildman–Crippen MR) is 66.3 cm³/mol. The number of aromatic amines is 1. The standard InChI is InChI=1S/C13H14N2O3/c1-9-3-4-11(12(16)14-9)13(17)15(2)7-10-5-6-18-8-10/h3-6,8H,7H2,1-2H3,(H,14,16). The Morgan fingerprint density at radius 3 is 2.78 bits per heavy atom. The van der Waals surface area contributed by atoms with E-state index in [4.69, 9.17) is 4.42 Å². The molecule has 0 saturated heterocycles. The summed E-state index contributed by atoms with van der Waals surface area (Å²) in [6.07, 6.45) is 3.12. The molecule has 5 nitrogen and oxygen atoms in total. The number of furan rings is 1. The molecule has 1 amide bonds. The molecule has 0 spiro atoms. The van der Waals surface area contributed by atoms with Gasteiger partial charge in [-0.2, -0.15) is 0 Å². The number of pyridine rings is 1. The van der Waals surface area contributed by atoms with Gasteiger partial charge in [0.05, 0.1) is 12.5 Å². The molecule has 2 aromatic heterocycles. The molecule has 1 N–H and O–H groups in total. The van der Waals surface area contributed by atoms with Crippen LogP contribution in [0.25, 0.3) is 0 Å². The molecule has 5 heteroatoms. The molecule has 0 atom stereocenters. The van der Waals surface area contributed by atoms with Gasteiger partial charge in [-0.1, -0.05) is 0 Å². The van der Waals surface area contributed by atoms with Crippen LogP contribution >= 0.6 is 0 Å². The fourth-order valence-electron chi connectivity index (χ4n) is 1.67. The van der Waals surface area contributed by atoms with E-state index < -0.39 is 0 Å². The summed E-state index contributed by atoms with van der Waals surface area (Å²) < 4.78 is 4.93. The molecule has 0 saturated carbocycles. The number of H-pyrrole nitrogens is 1. The molecule has 0 radical (unpaired) electrons. The zero-order valence-corrected chi connectivity index (χ0v) is 10.3. The minimum Gasteiger partial charge on any atom is -0.472 e. The largest absolute Gasteiger partial charge is 0.472 e. The van der Waals surface area contributed by atoms with Crippen molar-refractivity contribution in [3.63, 3.8) is 0 Å². The minimum absolute atomic E-state index is 0.145. The summed E-state index contributed by atoms with van der Waals surface area (Å²) >= 11 is 0. The Morgan fingerprint density at radius 1 is 1.39 bits per heavy atom. The van der Waals surface area contributed by atoms with Gasteiger partial charge >= 0.3 is 0 Å². The van der Waals surface area contributed by atoms with Gasteiger partial charge in [-0.05, 0) is 25.1 Å². The molecule has 0 fully saturated rings. The lowest BCUT2D eigenvalue weighted by Gasteiger charge is -2.15. The average molecular weight is 246 g/mol. The Hall–Kier alpha value is -2.30. The first-order valence-electron chi connectivity index (χ1n) is 5.54. The van der Waals surface area contributed by atoms with E-state index in [1.165, 1.54) is 4.90 Å². The molecule has 0 aliphatic carbocycles. The molecular formula is C13H14N2O3. The van der Waals surface area contributed by atoms with Gasteiger partial charge in [0.25, 0.3) is 11.5 Å². The van der Waals surface area contributed by atoms with Crippen molar-refractivity contribution in [3.8, 4) is 0 Å². The highest BCUT2D eigenvalue weighted by Gasteiger charge is 2.15. The van der Waals surface area contributed by atoms with Crippen molar-refractivity contribution in [1.82, 2.24) is 9.88 Å². The van der Waals surface area contributed by atoms with Crippen LogP contribution in [-0.2, 0) is 6.54 Å². The Kier molecular flexibility index (Phi) is 3.32. The van der Waals surface area contributed by atoms with Crippen LogP contribution < -0.4 is 5.56 Å². The van der Waals surface area contributed by atoms with E-state index in [2.05, 4.69) is 4.98 Å². The maximum absolute atomic E-state index is 12.1. The van der Waals surface area contributed by atoms with Crippen molar-refractivity contribution in [3.05, 3.63) is 57.9 Å². The maximum Gasteiger partial charge on any atom is 0.260 e. The third-order valence-corrected chi connectivity index (χ3v) is 2.63. The van der Waals surface area contributed by atoms with Gasteiger partial charge in [0, 0.05) is 24.8 Å². The van der Waals surface area contributed by atoms with Crippen LogP contribution in [0.1, 0.15) is 21.6 Å². The van der Waals surface area contributed by atoms with Gasteiger partial charge in [-0.15, -0.1) is 0 Å². The lowest BCUT2D eigenvalue weighted by atomic mass is 10.2. The normalized spacial score (nSPS) is 10.3. The summed E-state index contributed by atoms with van der Waals surface area (Å²) in [5.74, 6) is -0.308. The van der Waals surface area contributed by atoms with E-state index in [-0.39, 0.29) is 17.0 Å². The molecule has 2 aromatic rings. The highest BCUT2D eigenvalue weighted by Crippen LogP contribution is 2.06. The summed E-state index contributed by atoms with van der Waals surface area (Å²) in [5.41, 5.74) is 1.40. The SMILES string of the molecule is Cc1ccc(C(=O)N(C)Cc2ccoc2)c(=O)[nH]1. The number of aromatic nitrogens is 1. The summed E-state index contributed by atoms with van der Waals surface area (Å²) in [5, 5.41) is 0. The number of nitrogens with one attached hydrogen (secondary N) is 1. The van der Waals surface area contributed by atoms with Crippen LogP contribution in [0.2, 0.25) is 0 Å². The summed E-state index contributed by atoms with van der Waals surface area (Å²) in [6, 6.07) is 5.03. The van der Waals surface area contributed by atoms with Gasteiger partial charge in [0.1, 0.15) is 5.56 Å². The molecule has 94 valence electrons. The Labute approximate surface area is 104 Å². The molecule has 2 rings (SSSR count). The fraction of sp³-hybridized carbons (Fsp3) is 0.231. The number of hydrogen-bond acceptors (Lipinski definition) is 3. The lowest BCUT2D eigenvalue weighted by Crippen LogP contribution is -2.31. The first-order chi connectivity index (χ1) is 8.58. The molecule has 0 aliphatic heterocycles. The number of hydrogen-bond donors (Lipinski definition) is 1. The summed E-state index contributed by atoms with van der Waals surface area (Å²) in [6.45, 7) is 2.17. The van der Waals surface area contributed by atoms with Crippen LogP contribution in [0.15, 0.2) is 39.9 Å². The van der Waals surface area contributed by atoms with Crippen molar-refractivity contribution in [2.75, 3.05) is 7.05 Å². The smallest absolute Gasteiger partial charge is 0.260 e. The van der Waals surface area contributed by atoms with Crippen molar-refractivity contribution < 1.29 is 9.21 Å².